The van der Waals surface area contributed by atoms with Crippen molar-refractivity contribution >= 4 is 7.69 Å². The standard InChI is InChI=1S/C7H12.BH3O2/c1-3-5-7-6-4-2;2-1-3/h1H,4-7H2,2H3;1-3H. The molecule has 0 rings (SSSR count). The number of hydrogen-bond donors (Lipinski definition) is 2. The van der Waals surface area contributed by atoms with Crippen LogP contribution in [-0.4, -0.2) is 17.7 Å². The Hall–Kier alpha value is -0.455. The molecular formula is C7H15BO2. The summed E-state index contributed by atoms with van der Waals surface area (Å²) in [5, 5.41) is 14.2. The number of rotatable bonds is 3. The van der Waals surface area contributed by atoms with E-state index >= 15 is 0 Å². The predicted octanol–water partition coefficient (Wildman–Crippen LogP) is 0.437. The normalized spacial score (nSPS) is 7.00. The Labute approximate surface area is 63.6 Å². The van der Waals surface area contributed by atoms with Crippen molar-refractivity contribution in [1.82, 2.24) is 0 Å². The second-order valence-electron chi connectivity index (χ2n) is 1.80. The Morgan fingerprint density at radius 1 is 1.40 bits per heavy atom. The molecule has 0 aromatic rings. The van der Waals surface area contributed by atoms with Gasteiger partial charge in [0, 0.05) is 6.42 Å². The molecular weight excluding hydrogens is 127 g/mol. The van der Waals surface area contributed by atoms with Crippen molar-refractivity contribution in [3.63, 3.8) is 0 Å². The smallest absolute Gasteiger partial charge is 0.430 e. The van der Waals surface area contributed by atoms with E-state index in [0.29, 0.717) is 0 Å². The van der Waals surface area contributed by atoms with Crippen LogP contribution in [-0.2, 0) is 0 Å². The molecule has 3 heteroatoms. The quantitative estimate of drug-likeness (QED) is 0.341. The van der Waals surface area contributed by atoms with Gasteiger partial charge in [-0.05, 0) is 6.42 Å². The molecule has 10 heavy (non-hydrogen) atoms. The summed E-state index contributed by atoms with van der Waals surface area (Å²) in [7, 11) is -0.750. The third-order valence-corrected chi connectivity index (χ3v) is 0.925. The average molecular weight is 142 g/mol. The van der Waals surface area contributed by atoms with Gasteiger partial charge >= 0.3 is 7.69 Å². The molecule has 0 heterocycles. The van der Waals surface area contributed by atoms with Gasteiger partial charge in [-0.3, -0.25) is 0 Å². The molecule has 0 aromatic heterocycles. The van der Waals surface area contributed by atoms with Crippen molar-refractivity contribution in [1.29, 1.82) is 0 Å². The van der Waals surface area contributed by atoms with Crippen LogP contribution in [0.4, 0.5) is 0 Å². The molecule has 0 aliphatic rings. The zero-order valence-corrected chi connectivity index (χ0v) is 6.51. The lowest BCUT2D eigenvalue weighted by molar-refractivity contribution is 0.448. The predicted molar refractivity (Wildman–Crippen MR) is 44.6 cm³/mol. The largest absolute Gasteiger partial charge is 0.432 e. The van der Waals surface area contributed by atoms with E-state index in [-0.39, 0.29) is 0 Å². The summed E-state index contributed by atoms with van der Waals surface area (Å²) < 4.78 is 0. The fraction of sp³-hybridized carbons (Fsp3) is 0.714. The topological polar surface area (TPSA) is 40.5 Å². The van der Waals surface area contributed by atoms with Crippen molar-refractivity contribution in [2.75, 3.05) is 0 Å². The van der Waals surface area contributed by atoms with Crippen LogP contribution in [0.15, 0.2) is 0 Å². The average Bonchev–Trinajstić information content (AvgIpc) is 1.91. The molecule has 0 saturated carbocycles. The first-order chi connectivity index (χ1) is 4.83. The molecule has 0 aliphatic heterocycles. The van der Waals surface area contributed by atoms with Crippen LogP contribution in [0, 0.1) is 12.3 Å². The molecule has 0 saturated heterocycles. The Kier molecular flexibility index (Phi) is 19.4. The molecule has 0 fully saturated rings. The summed E-state index contributed by atoms with van der Waals surface area (Å²) in [5.41, 5.74) is 0. The van der Waals surface area contributed by atoms with Crippen LogP contribution >= 0.6 is 0 Å². The van der Waals surface area contributed by atoms with Crippen molar-refractivity contribution in [2.24, 2.45) is 0 Å². The summed E-state index contributed by atoms with van der Waals surface area (Å²) in [4.78, 5) is 0. The summed E-state index contributed by atoms with van der Waals surface area (Å²) in [6, 6.07) is 0. The van der Waals surface area contributed by atoms with Gasteiger partial charge in [0.15, 0.2) is 0 Å². The van der Waals surface area contributed by atoms with Gasteiger partial charge in [-0.1, -0.05) is 19.8 Å². The second kappa shape index (κ2) is 15.8. The fourth-order valence-electron chi connectivity index (χ4n) is 0.477. The van der Waals surface area contributed by atoms with Crippen molar-refractivity contribution < 1.29 is 10.0 Å². The third-order valence-electron chi connectivity index (χ3n) is 0.925. The van der Waals surface area contributed by atoms with Gasteiger partial charge < -0.3 is 10.0 Å². The van der Waals surface area contributed by atoms with E-state index < -0.39 is 7.69 Å². The molecule has 0 amide bonds. The van der Waals surface area contributed by atoms with Crippen molar-refractivity contribution in [2.45, 2.75) is 32.6 Å². The van der Waals surface area contributed by atoms with Crippen LogP contribution in [0.2, 0.25) is 0 Å². The van der Waals surface area contributed by atoms with Gasteiger partial charge in [0.25, 0.3) is 0 Å². The molecule has 2 nitrogen and oxygen atoms in total. The molecule has 0 unspecified atom stereocenters. The maximum Gasteiger partial charge on any atom is 0.432 e. The Balaban J connectivity index is 0. The van der Waals surface area contributed by atoms with E-state index in [1.165, 1.54) is 19.3 Å². The lowest BCUT2D eigenvalue weighted by Crippen LogP contribution is -1.75. The second-order valence-corrected chi connectivity index (χ2v) is 1.80. The minimum absolute atomic E-state index is 0.750. The zero-order chi connectivity index (χ0) is 8.24. The van der Waals surface area contributed by atoms with Crippen LogP contribution < -0.4 is 0 Å². The van der Waals surface area contributed by atoms with E-state index in [4.69, 9.17) is 16.5 Å². The lowest BCUT2D eigenvalue weighted by atomic mass is 10.2. The van der Waals surface area contributed by atoms with Crippen LogP contribution in [0.25, 0.3) is 0 Å². The van der Waals surface area contributed by atoms with Crippen LogP contribution in [0.3, 0.4) is 0 Å². The molecule has 0 radical (unpaired) electrons. The summed E-state index contributed by atoms with van der Waals surface area (Å²) in [6.45, 7) is 2.18. The number of unbranched alkanes of at least 4 members (excludes halogenated alkanes) is 3. The highest BCUT2D eigenvalue weighted by Gasteiger charge is 1.77. The minimum Gasteiger partial charge on any atom is -0.430 e. The monoisotopic (exact) mass is 142 g/mol. The maximum atomic E-state index is 7.12. The van der Waals surface area contributed by atoms with Gasteiger partial charge in [0.1, 0.15) is 0 Å². The first-order valence-electron chi connectivity index (χ1n) is 3.48. The molecule has 0 aromatic carbocycles. The van der Waals surface area contributed by atoms with E-state index in [9.17, 15) is 0 Å². The first kappa shape index (κ1) is 12.2. The lowest BCUT2D eigenvalue weighted by Gasteiger charge is -1.86. The van der Waals surface area contributed by atoms with Gasteiger partial charge in [-0.2, -0.15) is 0 Å². The van der Waals surface area contributed by atoms with Gasteiger partial charge in [0.05, 0.1) is 0 Å². The molecule has 0 atom stereocenters. The fourth-order valence-corrected chi connectivity index (χ4v) is 0.477. The summed E-state index contributed by atoms with van der Waals surface area (Å²) >= 11 is 0. The van der Waals surface area contributed by atoms with Crippen molar-refractivity contribution in [3.8, 4) is 12.3 Å². The SMILES string of the molecule is C#CCCCCC.OBO. The summed E-state index contributed by atoms with van der Waals surface area (Å²) in [5.74, 6) is 2.60. The molecule has 0 spiro atoms. The van der Waals surface area contributed by atoms with E-state index in [1.807, 2.05) is 0 Å². The first-order valence-corrected chi connectivity index (χ1v) is 3.48. The van der Waals surface area contributed by atoms with Crippen LogP contribution in [0.5, 0.6) is 0 Å². The third kappa shape index (κ3) is 25.7. The highest BCUT2D eigenvalue weighted by Crippen LogP contribution is 1.95. The Morgan fingerprint density at radius 2 is 1.90 bits per heavy atom. The van der Waals surface area contributed by atoms with Gasteiger partial charge in [-0.15, -0.1) is 12.3 Å². The van der Waals surface area contributed by atoms with Crippen molar-refractivity contribution in [3.05, 3.63) is 0 Å². The van der Waals surface area contributed by atoms with Gasteiger partial charge in [0.2, 0.25) is 0 Å². The Morgan fingerprint density at radius 3 is 2.20 bits per heavy atom. The number of terminal acetylenes is 1. The Bertz CT molecular complexity index is 78.2. The van der Waals surface area contributed by atoms with E-state index in [1.54, 1.807) is 0 Å². The van der Waals surface area contributed by atoms with E-state index in [2.05, 4.69) is 12.8 Å². The molecule has 2 N–H and O–H groups in total. The number of hydrogen-bond acceptors (Lipinski definition) is 2. The molecule has 0 bridgehead atoms. The van der Waals surface area contributed by atoms with E-state index in [0.717, 1.165) is 6.42 Å². The van der Waals surface area contributed by atoms with Crippen LogP contribution in [0.1, 0.15) is 32.6 Å². The highest BCUT2D eigenvalue weighted by atomic mass is 16.4. The minimum atomic E-state index is -0.750. The molecule has 0 aliphatic carbocycles. The highest BCUT2D eigenvalue weighted by molar-refractivity contribution is 6.13. The summed E-state index contributed by atoms with van der Waals surface area (Å²) in [6.07, 6.45) is 9.72. The van der Waals surface area contributed by atoms with Gasteiger partial charge in [-0.25, -0.2) is 0 Å². The zero-order valence-electron chi connectivity index (χ0n) is 6.51. The maximum absolute atomic E-state index is 7.12. The molecule has 58 valence electrons.